The second-order valence-electron chi connectivity index (χ2n) is 4.09. The summed E-state index contributed by atoms with van der Waals surface area (Å²) < 4.78 is 26.4. The predicted molar refractivity (Wildman–Crippen MR) is 66.5 cm³/mol. The van der Waals surface area contributed by atoms with E-state index >= 15 is 0 Å². The first kappa shape index (κ1) is 13.1. The number of rotatable bonds is 3. The molecule has 0 bridgehead atoms. The van der Waals surface area contributed by atoms with Crippen LogP contribution in [0.3, 0.4) is 0 Å². The first-order valence-corrected chi connectivity index (χ1v) is 5.75. The van der Waals surface area contributed by atoms with E-state index in [9.17, 15) is 13.6 Å². The molecular formula is C14H12F2N2O. The molecule has 1 amide bonds. The Hall–Kier alpha value is -2.30. The maximum atomic E-state index is 13.3. The topological polar surface area (TPSA) is 42.0 Å². The summed E-state index contributed by atoms with van der Waals surface area (Å²) in [5, 5.41) is 2.59. The summed E-state index contributed by atoms with van der Waals surface area (Å²) in [7, 11) is 0. The van der Waals surface area contributed by atoms with Gasteiger partial charge in [-0.1, -0.05) is 12.1 Å². The molecule has 0 radical (unpaired) electrons. The molecule has 2 aromatic rings. The fourth-order valence-electron chi connectivity index (χ4n) is 1.69. The standard InChI is InChI=1S/C14H12F2N2O/c1-9(10-4-2-5-11(15)8-10)18-14(19)12-6-3-7-17-13(12)16/h2-9H,1H3,(H,18,19). The highest BCUT2D eigenvalue weighted by Crippen LogP contribution is 2.14. The number of carbonyl (C=O) groups is 1. The van der Waals surface area contributed by atoms with E-state index in [0.29, 0.717) is 5.56 Å². The second kappa shape index (κ2) is 5.56. The Morgan fingerprint density at radius 1 is 1.26 bits per heavy atom. The van der Waals surface area contributed by atoms with Crippen LogP contribution in [0.4, 0.5) is 8.78 Å². The Morgan fingerprint density at radius 2 is 2.05 bits per heavy atom. The number of carbonyl (C=O) groups excluding carboxylic acids is 1. The van der Waals surface area contributed by atoms with Gasteiger partial charge in [-0.25, -0.2) is 9.37 Å². The van der Waals surface area contributed by atoms with Crippen molar-refractivity contribution in [2.24, 2.45) is 0 Å². The Morgan fingerprint density at radius 3 is 2.74 bits per heavy atom. The largest absolute Gasteiger partial charge is 0.345 e. The number of halogens is 2. The molecule has 98 valence electrons. The van der Waals surface area contributed by atoms with Crippen LogP contribution in [0, 0.1) is 11.8 Å². The molecule has 0 saturated carbocycles. The minimum absolute atomic E-state index is 0.134. The average molecular weight is 262 g/mol. The van der Waals surface area contributed by atoms with Crippen LogP contribution in [0.2, 0.25) is 0 Å². The first-order valence-electron chi connectivity index (χ1n) is 5.75. The van der Waals surface area contributed by atoms with Crippen LogP contribution in [0.15, 0.2) is 42.6 Å². The minimum atomic E-state index is -0.827. The molecule has 1 atom stereocenters. The number of benzene rings is 1. The summed E-state index contributed by atoms with van der Waals surface area (Å²) in [6.45, 7) is 1.70. The van der Waals surface area contributed by atoms with E-state index in [1.807, 2.05) is 0 Å². The van der Waals surface area contributed by atoms with Gasteiger partial charge < -0.3 is 5.32 Å². The predicted octanol–water partition coefficient (Wildman–Crippen LogP) is 2.85. The van der Waals surface area contributed by atoms with Crippen LogP contribution < -0.4 is 5.32 Å². The quantitative estimate of drug-likeness (QED) is 0.864. The van der Waals surface area contributed by atoms with Crippen LogP contribution in [-0.2, 0) is 0 Å². The van der Waals surface area contributed by atoms with E-state index in [1.165, 1.54) is 30.5 Å². The molecule has 1 unspecified atom stereocenters. The number of amides is 1. The minimum Gasteiger partial charge on any atom is -0.345 e. The number of nitrogens with zero attached hydrogens (tertiary/aromatic N) is 1. The molecule has 2 rings (SSSR count). The number of aromatic nitrogens is 1. The van der Waals surface area contributed by atoms with Gasteiger partial charge in [0, 0.05) is 6.20 Å². The molecule has 0 aliphatic rings. The number of nitrogens with one attached hydrogen (secondary N) is 1. The lowest BCUT2D eigenvalue weighted by atomic mass is 10.1. The van der Waals surface area contributed by atoms with Crippen molar-refractivity contribution < 1.29 is 13.6 Å². The lowest BCUT2D eigenvalue weighted by Crippen LogP contribution is -2.27. The van der Waals surface area contributed by atoms with Crippen molar-refractivity contribution in [1.29, 1.82) is 0 Å². The molecule has 1 aromatic heterocycles. The second-order valence-corrected chi connectivity index (χ2v) is 4.09. The number of hydrogen-bond donors (Lipinski definition) is 1. The van der Waals surface area contributed by atoms with Gasteiger partial charge in [0.05, 0.1) is 11.6 Å². The molecule has 19 heavy (non-hydrogen) atoms. The van der Waals surface area contributed by atoms with Crippen molar-refractivity contribution >= 4 is 5.91 Å². The van der Waals surface area contributed by atoms with Crippen LogP contribution in [0.25, 0.3) is 0 Å². The van der Waals surface area contributed by atoms with Crippen molar-refractivity contribution in [2.45, 2.75) is 13.0 Å². The molecule has 3 nitrogen and oxygen atoms in total. The third-order valence-electron chi connectivity index (χ3n) is 2.70. The summed E-state index contributed by atoms with van der Waals surface area (Å²) in [5.74, 6) is -1.79. The number of pyridine rings is 1. The Labute approximate surface area is 109 Å². The zero-order chi connectivity index (χ0) is 13.8. The summed E-state index contributed by atoms with van der Waals surface area (Å²) in [6.07, 6.45) is 1.27. The van der Waals surface area contributed by atoms with Gasteiger partial charge in [-0.2, -0.15) is 4.39 Å². The number of hydrogen-bond acceptors (Lipinski definition) is 2. The van der Waals surface area contributed by atoms with Gasteiger partial charge in [0.2, 0.25) is 5.95 Å². The van der Waals surface area contributed by atoms with Crippen LogP contribution in [0.5, 0.6) is 0 Å². The zero-order valence-electron chi connectivity index (χ0n) is 10.2. The van der Waals surface area contributed by atoms with E-state index in [4.69, 9.17) is 0 Å². The Balaban J connectivity index is 2.13. The monoisotopic (exact) mass is 262 g/mol. The van der Waals surface area contributed by atoms with Crippen LogP contribution >= 0.6 is 0 Å². The van der Waals surface area contributed by atoms with Gasteiger partial charge in [-0.3, -0.25) is 4.79 Å². The molecule has 0 fully saturated rings. The van der Waals surface area contributed by atoms with Gasteiger partial charge in [0.25, 0.3) is 5.91 Å². The van der Waals surface area contributed by atoms with Gasteiger partial charge in [0.1, 0.15) is 5.82 Å². The van der Waals surface area contributed by atoms with E-state index < -0.39 is 17.9 Å². The van der Waals surface area contributed by atoms with Gasteiger partial charge in [-0.15, -0.1) is 0 Å². The summed E-state index contributed by atoms with van der Waals surface area (Å²) in [6, 6.07) is 8.28. The van der Waals surface area contributed by atoms with E-state index in [0.717, 1.165) is 0 Å². The Kier molecular flexibility index (Phi) is 3.85. The molecule has 0 spiro atoms. The van der Waals surface area contributed by atoms with Crippen molar-refractivity contribution in [3.05, 3.63) is 65.5 Å². The third-order valence-corrected chi connectivity index (χ3v) is 2.70. The summed E-state index contributed by atoms with van der Waals surface area (Å²) in [5.41, 5.74) is 0.475. The molecule has 0 aliphatic heterocycles. The normalized spacial score (nSPS) is 11.9. The smallest absolute Gasteiger partial charge is 0.256 e. The third kappa shape index (κ3) is 3.13. The SMILES string of the molecule is CC(NC(=O)c1cccnc1F)c1cccc(F)c1. The molecule has 0 aliphatic carbocycles. The average Bonchev–Trinajstić information content (AvgIpc) is 2.39. The van der Waals surface area contributed by atoms with Crippen molar-refractivity contribution in [2.75, 3.05) is 0 Å². The highest BCUT2D eigenvalue weighted by Gasteiger charge is 2.15. The van der Waals surface area contributed by atoms with E-state index in [2.05, 4.69) is 10.3 Å². The molecule has 5 heteroatoms. The molecule has 1 aromatic carbocycles. The van der Waals surface area contributed by atoms with Gasteiger partial charge >= 0.3 is 0 Å². The highest BCUT2D eigenvalue weighted by molar-refractivity contribution is 5.94. The molecular weight excluding hydrogens is 250 g/mol. The van der Waals surface area contributed by atoms with Crippen molar-refractivity contribution in [3.8, 4) is 0 Å². The molecule has 0 saturated heterocycles. The maximum Gasteiger partial charge on any atom is 0.256 e. The lowest BCUT2D eigenvalue weighted by molar-refractivity contribution is 0.0935. The molecule has 1 N–H and O–H groups in total. The highest BCUT2D eigenvalue weighted by atomic mass is 19.1. The van der Waals surface area contributed by atoms with Crippen LogP contribution in [-0.4, -0.2) is 10.9 Å². The lowest BCUT2D eigenvalue weighted by Gasteiger charge is -2.14. The van der Waals surface area contributed by atoms with Gasteiger partial charge in [-0.05, 0) is 36.8 Å². The summed E-state index contributed by atoms with van der Waals surface area (Å²) >= 11 is 0. The van der Waals surface area contributed by atoms with E-state index in [1.54, 1.807) is 19.1 Å². The van der Waals surface area contributed by atoms with Crippen molar-refractivity contribution in [3.63, 3.8) is 0 Å². The van der Waals surface area contributed by atoms with Crippen LogP contribution in [0.1, 0.15) is 28.9 Å². The Bertz CT molecular complexity index is 602. The van der Waals surface area contributed by atoms with Gasteiger partial charge in [0.15, 0.2) is 0 Å². The van der Waals surface area contributed by atoms with E-state index in [-0.39, 0.29) is 11.4 Å². The fraction of sp³-hybridized carbons (Fsp3) is 0.143. The summed E-state index contributed by atoms with van der Waals surface area (Å²) in [4.78, 5) is 15.3. The first-order chi connectivity index (χ1) is 9.08. The zero-order valence-corrected chi connectivity index (χ0v) is 10.2. The molecule has 1 heterocycles. The van der Waals surface area contributed by atoms with Crippen molar-refractivity contribution in [1.82, 2.24) is 10.3 Å². The maximum absolute atomic E-state index is 13.3. The fourth-order valence-corrected chi connectivity index (χ4v) is 1.69.